The second kappa shape index (κ2) is 17.8. The third-order valence-corrected chi connectivity index (χ3v) is 13.7. The van der Waals surface area contributed by atoms with Crippen LogP contribution in [0.2, 0.25) is 0 Å². The number of pyridine rings is 4. The van der Waals surface area contributed by atoms with Crippen LogP contribution in [-0.4, -0.2) is 44.2 Å². The quantitative estimate of drug-likeness (QED) is 0.148. The van der Waals surface area contributed by atoms with Crippen LogP contribution in [0.3, 0.4) is 0 Å². The van der Waals surface area contributed by atoms with Crippen molar-refractivity contribution in [2.45, 2.75) is 10.8 Å². The molecule has 8 heterocycles. The number of rotatable bonds is 6. The number of para-hydroxylation sites is 4. The number of fused-ring (bicyclic) bond motifs is 8. The molecule has 0 atom stereocenters. The molecular weight excluding hydrogens is 1230 g/mol. The molecule has 14 heteroatoms. The number of anilines is 6. The minimum Gasteiger partial charge on any atom is -0.581 e. The van der Waals surface area contributed by atoms with Gasteiger partial charge in [-0.25, -0.2) is 0 Å². The molecule has 0 spiro atoms. The van der Waals surface area contributed by atoms with Crippen LogP contribution in [0.25, 0.3) is 22.3 Å². The first kappa shape index (κ1) is 45.0. The maximum absolute atomic E-state index is 4.58. The standard InChI is InChI=1S/2C28H19N6.2Pt/c2*1-33-18-34(26-8-3-2-7-25(26)33)20-6-4-5-19(15-20)28(27-11-14-31-32-27)23-9-12-29-16-21(23)22-17-30-13-10-24(22)28;;/h2*2-14,16-18H,1H3;;/q2*-3;;. The van der Waals surface area contributed by atoms with E-state index in [1.807, 2.05) is 61.7 Å². The molecule has 10 aromatic rings. The summed E-state index contributed by atoms with van der Waals surface area (Å²) >= 11 is 0. The fourth-order valence-electron chi connectivity index (χ4n) is 10.9. The van der Waals surface area contributed by atoms with Gasteiger partial charge in [0.15, 0.2) is 0 Å². The van der Waals surface area contributed by atoms with Crippen molar-refractivity contribution in [1.29, 1.82) is 0 Å². The van der Waals surface area contributed by atoms with E-state index in [-0.39, 0.29) is 42.1 Å². The summed E-state index contributed by atoms with van der Waals surface area (Å²) in [7, 11) is 4.13. The zero-order valence-electron chi connectivity index (χ0n) is 37.5. The number of hydrogen-bond acceptors (Lipinski definition) is 10. The van der Waals surface area contributed by atoms with Gasteiger partial charge < -0.3 is 40.0 Å². The Hall–Kier alpha value is -7.52. The molecule has 0 saturated carbocycles. The molecule has 0 amide bonds. The topological polar surface area (TPSA) is 119 Å². The smallest absolute Gasteiger partial charge is 0.0646 e. The zero-order chi connectivity index (χ0) is 45.4. The summed E-state index contributed by atoms with van der Waals surface area (Å²) in [6.45, 7) is 4.19. The summed E-state index contributed by atoms with van der Waals surface area (Å²) in [6.07, 6.45) is 18.5. The Kier molecular flexibility index (Phi) is 11.4. The first-order valence-electron chi connectivity index (χ1n) is 22.2. The number of benzene rings is 4. The number of aromatic nitrogens is 8. The largest absolute Gasteiger partial charge is 0.581 e. The molecule has 0 unspecified atom stereocenters. The van der Waals surface area contributed by atoms with Crippen molar-refractivity contribution < 1.29 is 42.1 Å². The van der Waals surface area contributed by atoms with Crippen LogP contribution in [0.1, 0.15) is 44.8 Å². The fraction of sp³-hybridized carbons (Fsp3) is 0.0714. The first-order valence-corrected chi connectivity index (χ1v) is 22.2. The molecule has 0 fully saturated rings. The van der Waals surface area contributed by atoms with Crippen molar-refractivity contribution >= 4 is 34.1 Å². The summed E-state index contributed by atoms with van der Waals surface area (Å²) in [5.74, 6) is 0. The van der Waals surface area contributed by atoms with E-state index < -0.39 is 10.8 Å². The van der Waals surface area contributed by atoms with E-state index in [1.165, 1.54) is 0 Å². The van der Waals surface area contributed by atoms with Gasteiger partial charge in [-0.2, -0.15) is 74.3 Å². The molecule has 4 aromatic carbocycles. The van der Waals surface area contributed by atoms with E-state index in [0.29, 0.717) is 0 Å². The Morgan fingerprint density at radius 2 is 0.786 bits per heavy atom. The van der Waals surface area contributed by atoms with E-state index in [2.05, 4.69) is 209 Å². The Balaban J connectivity index is 0.000000148. The van der Waals surface area contributed by atoms with Gasteiger partial charge in [0.05, 0.1) is 10.8 Å². The van der Waals surface area contributed by atoms with Crippen molar-refractivity contribution in [2.24, 2.45) is 0 Å². The van der Waals surface area contributed by atoms with Gasteiger partial charge in [-0.1, -0.05) is 36.4 Å². The van der Waals surface area contributed by atoms with Crippen LogP contribution >= 0.6 is 0 Å². The normalized spacial score (nSPS) is 14.8. The third-order valence-electron chi connectivity index (χ3n) is 13.7. The maximum Gasteiger partial charge on any atom is 0.0646 e. The van der Waals surface area contributed by atoms with Crippen molar-refractivity contribution in [3.05, 3.63) is 254 Å². The van der Waals surface area contributed by atoms with Crippen LogP contribution < -0.4 is 29.8 Å². The van der Waals surface area contributed by atoms with Crippen LogP contribution in [0.5, 0.6) is 0 Å². The van der Waals surface area contributed by atoms with Gasteiger partial charge >= 0.3 is 0 Å². The molecule has 6 aromatic heterocycles. The molecule has 12 nitrogen and oxygen atoms in total. The Bertz CT molecular complexity index is 3200. The van der Waals surface area contributed by atoms with E-state index in [0.717, 1.165) is 101 Å². The monoisotopic (exact) mass is 1270 g/mol. The molecular formula is C56H38N12Pt2-6. The first-order chi connectivity index (χ1) is 33.6. The van der Waals surface area contributed by atoms with Crippen molar-refractivity contribution in [3.8, 4) is 22.3 Å². The van der Waals surface area contributed by atoms with Crippen LogP contribution in [0.4, 0.5) is 34.1 Å². The Morgan fingerprint density at radius 1 is 0.429 bits per heavy atom. The molecule has 0 radical (unpaired) electrons. The van der Waals surface area contributed by atoms with E-state index >= 15 is 0 Å². The van der Waals surface area contributed by atoms with Gasteiger partial charge in [0.2, 0.25) is 0 Å². The zero-order valence-corrected chi connectivity index (χ0v) is 42.0. The average molecular weight is 1270 g/mol. The number of nitrogens with zero attached hydrogens (tertiary/aromatic N) is 12. The summed E-state index contributed by atoms with van der Waals surface area (Å²) in [4.78, 5) is 26.3. The summed E-state index contributed by atoms with van der Waals surface area (Å²) in [6, 6.07) is 49.2. The van der Waals surface area contributed by atoms with E-state index in [4.69, 9.17) is 0 Å². The van der Waals surface area contributed by atoms with Crippen molar-refractivity contribution in [3.63, 3.8) is 0 Å². The third kappa shape index (κ3) is 6.57. The molecule has 0 bridgehead atoms. The average Bonchev–Trinajstić information content (AvgIpc) is 4.28. The van der Waals surface area contributed by atoms with Gasteiger partial charge in [0.25, 0.3) is 0 Å². The molecule has 4 aliphatic rings. The van der Waals surface area contributed by atoms with Gasteiger partial charge in [-0.3, -0.25) is 19.9 Å². The van der Waals surface area contributed by atoms with E-state index in [9.17, 15) is 0 Å². The van der Waals surface area contributed by atoms with Gasteiger partial charge in [-0.05, 0) is 84.9 Å². The fourth-order valence-corrected chi connectivity index (χ4v) is 10.9. The predicted molar refractivity (Wildman–Crippen MR) is 261 cm³/mol. The summed E-state index contributed by atoms with van der Waals surface area (Å²) in [5, 5.41) is 17.6. The second-order valence-corrected chi connectivity index (χ2v) is 17.1. The van der Waals surface area contributed by atoms with Crippen molar-refractivity contribution in [1.82, 2.24) is 40.3 Å². The summed E-state index contributed by atoms with van der Waals surface area (Å²) in [5.41, 5.74) is 17.6. The van der Waals surface area contributed by atoms with Gasteiger partial charge in [0.1, 0.15) is 0 Å². The van der Waals surface area contributed by atoms with Gasteiger partial charge in [0, 0.05) is 148 Å². The molecule has 348 valence electrons. The molecule has 70 heavy (non-hydrogen) atoms. The molecule has 2 aliphatic heterocycles. The summed E-state index contributed by atoms with van der Waals surface area (Å²) < 4.78 is 0. The molecule has 0 N–H and O–H groups in total. The molecule has 14 rings (SSSR count). The van der Waals surface area contributed by atoms with Gasteiger partial charge in [-0.15, -0.1) is 22.5 Å². The minimum atomic E-state index is -0.659. The van der Waals surface area contributed by atoms with E-state index in [1.54, 1.807) is 12.4 Å². The SMILES string of the molecule is CN1[CH-]N(c2[c-]c(C3(c4cc[n-]n4)c4ccncc4-c4cnccc43)ccc2)c2ccccc21.CN1[CH-]N(c2[c-]c(C3(c4cc[n-]n4)c4ccncc4-c4cnccc43)ccc2)c2ccccc21.[Pt].[Pt]. The number of hydrogen-bond donors (Lipinski definition) is 0. The minimum absolute atomic E-state index is 0. The predicted octanol–water partition coefficient (Wildman–Crippen LogP) is 9.39. The van der Waals surface area contributed by atoms with Crippen LogP contribution in [0, 0.1) is 25.5 Å². The molecule has 0 saturated heterocycles. The Labute approximate surface area is 434 Å². The van der Waals surface area contributed by atoms with Crippen molar-refractivity contribution in [2.75, 3.05) is 33.7 Å². The van der Waals surface area contributed by atoms with Crippen LogP contribution in [0.15, 0.2) is 183 Å². The van der Waals surface area contributed by atoms with Crippen LogP contribution in [-0.2, 0) is 53.0 Å². The Morgan fingerprint density at radius 3 is 1.13 bits per heavy atom. The second-order valence-electron chi connectivity index (χ2n) is 17.1. The maximum atomic E-state index is 4.58. The molecule has 2 aliphatic carbocycles.